The second-order valence-corrected chi connectivity index (χ2v) is 5.18. The first kappa shape index (κ1) is 13.6. The summed E-state index contributed by atoms with van der Waals surface area (Å²) in [6.07, 6.45) is 5.47. The van der Waals surface area contributed by atoms with E-state index < -0.39 is 0 Å². The molecule has 0 bridgehead atoms. The molecule has 21 heavy (non-hydrogen) atoms. The van der Waals surface area contributed by atoms with E-state index in [0.29, 0.717) is 5.02 Å². The molecule has 4 nitrogen and oxygen atoms in total. The van der Waals surface area contributed by atoms with Gasteiger partial charge in [0.2, 0.25) is 0 Å². The molecule has 2 heterocycles. The zero-order valence-electron chi connectivity index (χ0n) is 11.6. The van der Waals surface area contributed by atoms with E-state index in [1.54, 1.807) is 12.4 Å². The number of anilines is 1. The predicted molar refractivity (Wildman–Crippen MR) is 84.4 cm³/mol. The van der Waals surface area contributed by atoms with E-state index in [-0.39, 0.29) is 6.04 Å². The molecule has 0 aliphatic heterocycles. The summed E-state index contributed by atoms with van der Waals surface area (Å²) in [6, 6.07) is 13.4. The first-order valence-corrected chi connectivity index (χ1v) is 7.02. The minimum atomic E-state index is -0.112. The molecular formula is C16H15ClN4. The molecule has 0 saturated heterocycles. The Morgan fingerprint density at radius 1 is 1.10 bits per heavy atom. The van der Waals surface area contributed by atoms with E-state index in [2.05, 4.69) is 15.3 Å². The summed E-state index contributed by atoms with van der Waals surface area (Å²) in [6.45, 7) is 0. The van der Waals surface area contributed by atoms with E-state index in [4.69, 9.17) is 11.6 Å². The Morgan fingerprint density at radius 3 is 2.67 bits per heavy atom. The fraction of sp³-hybridized carbons (Fsp3) is 0.125. The van der Waals surface area contributed by atoms with E-state index in [1.807, 2.05) is 60.3 Å². The van der Waals surface area contributed by atoms with Gasteiger partial charge >= 0.3 is 0 Å². The SMILES string of the molecule is Cn1ccnc1C(Nc1ccccn1)c1cccc(Cl)c1. The Kier molecular flexibility index (Phi) is 3.88. The van der Waals surface area contributed by atoms with Crippen LogP contribution < -0.4 is 5.32 Å². The molecule has 0 amide bonds. The molecule has 1 unspecified atom stereocenters. The van der Waals surface area contributed by atoms with Gasteiger partial charge in [-0.2, -0.15) is 0 Å². The second kappa shape index (κ2) is 5.97. The van der Waals surface area contributed by atoms with Gasteiger partial charge in [-0.15, -0.1) is 0 Å². The Labute approximate surface area is 128 Å². The van der Waals surface area contributed by atoms with Crippen molar-refractivity contribution in [2.45, 2.75) is 6.04 Å². The standard InChI is InChI=1S/C16H15ClN4/c1-21-10-9-19-16(21)15(12-5-4-6-13(17)11-12)20-14-7-2-3-8-18-14/h2-11,15H,1H3,(H,18,20). The normalized spacial score (nSPS) is 12.1. The molecule has 1 N–H and O–H groups in total. The van der Waals surface area contributed by atoms with Gasteiger partial charge in [-0.1, -0.05) is 29.8 Å². The summed E-state index contributed by atoms with van der Waals surface area (Å²) in [5.41, 5.74) is 1.04. The van der Waals surface area contributed by atoms with Gasteiger partial charge in [0.05, 0.1) is 0 Å². The average Bonchev–Trinajstić information content (AvgIpc) is 2.92. The number of pyridine rings is 1. The van der Waals surface area contributed by atoms with E-state index in [1.165, 1.54) is 0 Å². The molecule has 5 heteroatoms. The highest BCUT2D eigenvalue weighted by atomic mass is 35.5. The summed E-state index contributed by atoms with van der Waals surface area (Å²) in [4.78, 5) is 8.77. The third-order valence-corrected chi connectivity index (χ3v) is 3.49. The van der Waals surface area contributed by atoms with Gasteiger partial charge in [-0.3, -0.25) is 0 Å². The average molecular weight is 299 g/mol. The van der Waals surface area contributed by atoms with Gasteiger partial charge in [0.1, 0.15) is 17.7 Å². The van der Waals surface area contributed by atoms with Crippen molar-refractivity contribution in [1.29, 1.82) is 0 Å². The van der Waals surface area contributed by atoms with Crippen molar-refractivity contribution in [2.75, 3.05) is 5.32 Å². The van der Waals surface area contributed by atoms with Crippen LogP contribution in [0.4, 0.5) is 5.82 Å². The fourth-order valence-electron chi connectivity index (χ4n) is 2.23. The number of rotatable bonds is 4. The first-order chi connectivity index (χ1) is 10.2. The molecule has 2 aromatic heterocycles. The lowest BCUT2D eigenvalue weighted by Crippen LogP contribution is -2.17. The van der Waals surface area contributed by atoms with Crippen molar-refractivity contribution in [2.24, 2.45) is 7.05 Å². The number of nitrogens with zero attached hydrogens (tertiary/aromatic N) is 3. The number of halogens is 1. The lowest BCUT2D eigenvalue weighted by atomic mass is 10.1. The van der Waals surface area contributed by atoms with Crippen LogP contribution in [0.25, 0.3) is 0 Å². The van der Waals surface area contributed by atoms with Crippen LogP contribution in [-0.2, 0) is 7.05 Å². The highest BCUT2D eigenvalue weighted by Crippen LogP contribution is 2.26. The molecule has 0 spiro atoms. The number of nitrogens with one attached hydrogen (secondary N) is 1. The Hall–Kier alpha value is -2.33. The van der Waals surface area contributed by atoms with Crippen LogP contribution in [0.15, 0.2) is 61.1 Å². The number of hydrogen-bond acceptors (Lipinski definition) is 3. The summed E-state index contributed by atoms with van der Waals surface area (Å²) in [5.74, 6) is 1.70. The predicted octanol–water partition coefficient (Wildman–Crippen LogP) is 3.67. The number of aryl methyl sites for hydroxylation is 1. The van der Waals surface area contributed by atoms with Crippen molar-refractivity contribution in [3.8, 4) is 0 Å². The molecule has 3 aromatic rings. The third-order valence-electron chi connectivity index (χ3n) is 3.26. The summed E-state index contributed by atoms with van der Waals surface area (Å²) in [7, 11) is 1.97. The van der Waals surface area contributed by atoms with Gasteiger partial charge in [0, 0.05) is 30.7 Å². The highest BCUT2D eigenvalue weighted by Gasteiger charge is 2.18. The fourth-order valence-corrected chi connectivity index (χ4v) is 2.43. The number of aromatic nitrogens is 3. The monoisotopic (exact) mass is 298 g/mol. The zero-order chi connectivity index (χ0) is 14.7. The maximum atomic E-state index is 6.12. The van der Waals surface area contributed by atoms with Gasteiger partial charge in [0.25, 0.3) is 0 Å². The molecule has 1 aromatic carbocycles. The molecule has 0 saturated carbocycles. The molecule has 0 radical (unpaired) electrons. The Morgan fingerprint density at radius 2 is 2.00 bits per heavy atom. The summed E-state index contributed by atoms with van der Waals surface area (Å²) in [5, 5.41) is 4.12. The van der Waals surface area contributed by atoms with E-state index in [9.17, 15) is 0 Å². The molecule has 0 aliphatic carbocycles. The van der Waals surface area contributed by atoms with Crippen LogP contribution in [0.5, 0.6) is 0 Å². The molecule has 3 rings (SSSR count). The van der Waals surface area contributed by atoms with Gasteiger partial charge in [-0.25, -0.2) is 9.97 Å². The van der Waals surface area contributed by atoms with Crippen molar-refractivity contribution >= 4 is 17.4 Å². The number of benzene rings is 1. The van der Waals surface area contributed by atoms with E-state index in [0.717, 1.165) is 17.2 Å². The van der Waals surface area contributed by atoms with Crippen molar-refractivity contribution in [1.82, 2.24) is 14.5 Å². The van der Waals surface area contributed by atoms with Crippen LogP contribution >= 0.6 is 11.6 Å². The maximum absolute atomic E-state index is 6.12. The van der Waals surface area contributed by atoms with Crippen LogP contribution in [0, 0.1) is 0 Å². The van der Waals surface area contributed by atoms with Gasteiger partial charge in [-0.05, 0) is 29.8 Å². The molecule has 0 fully saturated rings. The first-order valence-electron chi connectivity index (χ1n) is 6.64. The van der Waals surface area contributed by atoms with Crippen molar-refractivity contribution in [3.63, 3.8) is 0 Å². The minimum absolute atomic E-state index is 0.112. The van der Waals surface area contributed by atoms with Crippen molar-refractivity contribution < 1.29 is 0 Å². The largest absolute Gasteiger partial charge is 0.356 e. The third kappa shape index (κ3) is 3.06. The molecular weight excluding hydrogens is 284 g/mol. The van der Waals surface area contributed by atoms with Crippen LogP contribution in [0.2, 0.25) is 5.02 Å². The van der Waals surface area contributed by atoms with Crippen LogP contribution in [0.3, 0.4) is 0 Å². The lowest BCUT2D eigenvalue weighted by molar-refractivity contribution is 0.745. The van der Waals surface area contributed by atoms with Gasteiger partial charge in [0.15, 0.2) is 0 Å². The summed E-state index contributed by atoms with van der Waals surface area (Å²) >= 11 is 6.12. The Balaban J connectivity index is 2.01. The van der Waals surface area contributed by atoms with E-state index >= 15 is 0 Å². The second-order valence-electron chi connectivity index (χ2n) is 4.74. The minimum Gasteiger partial charge on any atom is -0.356 e. The quantitative estimate of drug-likeness (QED) is 0.799. The smallest absolute Gasteiger partial charge is 0.135 e. The Bertz CT molecular complexity index is 724. The highest BCUT2D eigenvalue weighted by molar-refractivity contribution is 6.30. The molecule has 106 valence electrons. The van der Waals surface area contributed by atoms with Crippen LogP contribution in [0.1, 0.15) is 17.4 Å². The summed E-state index contributed by atoms with van der Waals surface area (Å²) < 4.78 is 1.99. The molecule has 1 atom stereocenters. The maximum Gasteiger partial charge on any atom is 0.135 e. The number of imidazole rings is 1. The zero-order valence-corrected chi connectivity index (χ0v) is 12.3. The number of hydrogen-bond donors (Lipinski definition) is 1. The van der Waals surface area contributed by atoms with Crippen molar-refractivity contribution in [3.05, 3.63) is 77.5 Å². The molecule has 0 aliphatic rings. The topological polar surface area (TPSA) is 42.7 Å². The lowest BCUT2D eigenvalue weighted by Gasteiger charge is -2.19. The van der Waals surface area contributed by atoms with Crippen LogP contribution in [-0.4, -0.2) is 14.5 Å². The van der Waals surface area contributed by atoms with Gasteiger partial charge < -0.3 is 9.88 Å².